The molecule has 0 heterocycles. The van der Waals surface area contributed by atoms with Crippen molar-refractivity contribution in [3.05, 3.63) is 81.3 Å². The minimum atomic E-state index is -4.37. The van der Waals surface area contributed by atoms with Crippen molar-refractivity contribution in [2.24, 2.45) is 0 Å². The molecular weight excluding hydrogens is 649 g/mol. The third-order valence-electron chi connectivity index (χ3n) is 6.61. The fraction of sp³-hybridized carbons (Fsp3) is 0.355. The Bertz CT molecular complexity index is 1570. The molecule has 3 aromatic rings. The van der Waals surface area contributed by atoms with Crippen molar-refractivity contribution >= 4 is 62.3 Å². The number of hydrogen-bond acceptors (Lipinski definition) is 6. The summed E-state index contributed by atoms with van der Waals surface area (Å²) in [6.07, 6.45) is 0.235. The Morgan fingerprint density at radius 1 is 0.909 bits per heavy atom. The molecule has 1 N–H and O–H groups in total. The maximum absolute atomic E-state index is 14.3. The number of hydrogen-bond donors (Lipinski definition) is 1. The van der Waals surface area contributed by atoms with Gasteiger partial charge in [-0.25, -0.2) is 8.42 Å². The predicted molar refractivity (Wildman–Crippen MR) is 175 cm³/mol. The van der Waals surface area contributed by atoms with Crippen molar-refractivity contribution in [1.82, 2.24) is 10.2 Å². The van der Waals surface area contributed by atoms with E-state index in [9.17, 15) is 18.0 Å². The summed E-state index contributed by atoms with van der Waals surface area (Å²) in [4.78, 5) is 28.9. The van der Waals surface area contributed by atoms with Gasteiger partial charge in [0.2, 0.25) is 11.8 Å². The van der Waals surface area contributed by atoms with Gasteiger partial charge in [0.25, 0.3) is 10.0 Å². The van der Waals surface area contributed by atoms with Crippen LogP contribution in [0.15, 0.2) is 65.6 Å². The minimum absolute atomic E-state index is 0.141. The Morgan fingerprint density at radius 2 is 1.50 bits per heavy atom. The zero-order valence-electron chi connectivity index (χ0n) is 25.4. The quantitative estimate of drug-likeness (QED) is 0.231. The average molecular weight is 685 g/mol. The summed E-state index contributed by atoms with van der Waals surface area (Å²) >= 11 is 19.0. The van der Waals surface area contributed by atoms with Crippen LogP contribution in [0.5, 0.6) is 11.5 Å². The van der Waals surface area contributed by atoms with Crippen LogP contribution in [0.1, 0.15) is 39.7 Å². The number of anilines is 1. The Labute approximate surface area is 274 Å². The maximum Gasteiger partial charge on any atom is 0.264 e. The number of carbonyl (C=O) groups is 2. The molecule has 44 heavy (non-hydrogen) atoms. The SMILES string of the molecule is CCC(C(=O)NC(C)(C)C)N(Cc1c(Cl)cccc1Cl)C(=O)CN(c1ccc(Cl)cc1)S(=O)(=O)c1ccc(OC)c(OC)c1. The smallest absolute Gasteiger partial charge is 0.264 e. The van der Waals surface area contributed by atoms with Crippen molar-refractivity contribution in [3.8, 4) is 11.5 Å². The number of carbonyl (C=O) groups excluding carboxylic acids is 2. The molecule has 0 bridgehead atoms. The highest BCUT2D eigenvalue weighted by Crippen LogP contribution is 2.33. The molecule has 0 radical (unpaired) electrons. The van der Waals surface area contributed by atoms with Gasteiger partial charge in [-0.3, -0.25) is 13.9 Å². The lowest BCUT2D eigenvalue weighted by Gasteiger charge is -2.35. The normalized spacial score (nSPS) is 12.3. The first-order valence-electron chi connectivity index (χ1n) is 13.7. The fourth-order valence-electron chi connectivity index (χ4n) is 4.47. The molecule has 0 aliphatic heterocycles. The number of sulfonamides is 1. The topological polar surface area (TPSA) is 105 Å². The Balaban J connectivity index is 2.15. The molecule has 1 atom stereocenters. The molecule has 9 nitrogen and oxygen atoms in total. The van der Waals surface area contributed by atoms with Gasteiger partial charge in [0.1, 0.15) is 12.6 Å². The molecule has 0 aliphatic rings. The van der Waals surface area contributed by atoms with E-state index in [0.717, 1.165) is 4.31 Å². The third-order valence-corrected chi connectivity index (χ3v) is 9.34. The van der Waals surface area contributed by atoms with Crippen LogP contribution in [0.25, 0.3) is 0 Å². The van der Waals surface area contributed by atoms with Crippen LogP contribution < -0.4 is 19.1 Å². The number of ether oxygens (including phenoxy) is 2. The lowest BCUT2D eigenvalue weighted by atomic mass is 10.1. The van der Waals surface area contributed by atoms with Crippen LogP contribution in [0.4, 0.5) is 5.69 Å². The van der Waals surface area contributed by atoms with Crippen molar-refractivity contribution in [2.45, 2.75) is 57.1 Å². The van der Waals surface area contributed by atoms with Gasteiger partial charge in [0.15, 0.2) is 11.5 Å². The van der Waals surface area contributed by atoms with Gasteiger partial charge in [0.05, 0.1) is 24.8 Å². The second kappa shape index (κ2) is 14.7. The van der Waals surface area contributed by atoms with Crippen LogP contribution >= 0.6 is 34.8 Å². The van der Waals surface area contributed by atoms with Gasteiger partial charge < -0.3 is 19.7 Å². The molecule has 1 unspecified atom stereocenters. The van der Waals surface area contributed by atoms with E-state index in [1.807, 2.05) is 20.8 Å². The second-order valence-electron chi connectivity index (χ2n) is 10.9. The van der Waals surface area contributed by atoms with E-state index in [2.05, 4.69) is 5.32 Å². The molecule has 0 saturated carbocycles. The van der Waals surface area contributed by atoms with Crippen molar-refractivity contribution in [3.63, 3.8) is 0 Å². The van der Waals surface area contributed by atoms with E-state index < -0.39 is 40.0 Å². The van der Waals surface area contributed by atoms with Crippen LogP contribution in [-0.4, -0.2) is 57.5 Å². The highest BCUT2D eigenvalue weighted by atomic mass is 35.5. The van der Waals surface area contributed by atoms with Crippen LogP contribution in [0.2, 0.25) is 15.1 Å². The fourth-order valence-corrected chi connectivity index (χ4v) is 6.54. The molecule has 238 valence electrons. The Morgan fingerprint density at radius 3 is 2.02 bits per heavy atom. The molecule has 0 saturated heterocycles. The van der Waals surface area contributed by atoms with Gasteiger partial charge in [-0.1, -0.05) is 47.8 Å². The molecule has 0 spiro atoms. The summed E-state index contributed by atoms with van der Waals surface area (Å²) in [5.74, 6) is -0.539. The number of methoxy groups -OCH3 is 2. The van der Waals surface area contributed by atoms with Crippen molar-refractivity contribution in [2.75, 3.05) is 25.1 Å². The molecule has 3 aromatic carbocycles. The van der Waals surface area contributed by atoms with E-state index in [4.69, 9.17) is 44.3 Å². The number of benzene rings is 3. The summed E-state index contributed by atoms with van der Waals surface area (Å²) in [7, 11) is -1.55. The first kappa shape index (κ1) is 35.3. The molecule has 3 rings (SSSR count). The van der Waals surface area contributed by atoms with E-state index >= 15 is 0 Å². The summed E-state index contributed by atoms with van der Waals surface area (Å²) in [5, 5.41) is 3.90. The number of amides is 2. The van der Waals surface area contributed by atoms with Crippen LogP contribution in [0, 0.1) is 0 Å². The van der Waals surface area contributed by atoms with E-state index in [1.54, 1.807) is 25.1 Å². The molecule has 0 aliphatic carbocycles. The van der Waals surface area contributed by atoms with E-state index in [1.165, 1.54) is 61.6 Å². The van der Waals surface area contributed by atoms with Crippen molar-refractivity contribution in [1.29, 1.82) is 0 Å². The minimum Gasteiger partial charge on any atom is -0.493 e. The largest absolute Gasteiger partial charge is 0.493 e. The first-order valence-corrected chi connectivity index (χ1v) is 16.2. The molecule has 2 amide bonds. The monoisotopic (exact) mass is 683 g/mol. The van der Waals surface area contributed by atoms with Gasteiger partial charge >= 0.3 is 0 Å². The van der Waals surface area contributed by atoms with Crippen molar-refractivity contribution < 1.29 is 27.5 Å². The molecule has 0 aromatic heterocycles. The number of halogens is 3. The molecule has 13 heteroatoms. The van der Waals surface area contributed by atoms with Gasteiger partial charge in [-0.05, 0) is 75.7 Å². The lowest BCUT2D eigenvalue weighted by molar-refractivity contribution is -0.141. The van der Waals surface area contributed by atoms with E-state index in [0.29, 0.717) is 26.4 Å². The number of rotatable bonds is 12. The Kier molecular flexibility index (Phi) is 11.8. The maximum atomic E-state index is 14.3. The summed E-state index contributed by atoms with van der Waals surface area (Å²) in [6.45, 7) is 6.45. The summed E-state index contributed by atoms with van der Waals surface area (Å²) in [6, 6.07) is 14.1. The highest BCUT2D eigenvalue weighted by Gasteiger charge is 2.35. The summed E-state index contributed by atoms with van der Waals surface area (Å²) < 4.78 is 39.9. The predicted octanol–water partition coefficient (Wildman–Crippen LogP) is 6.58. The highest BCUT2D eigenvalue weighted by molar-refractivity contribution is 7.92. The third kappa shape index (κ3) is 8.50. The van der Waals surface area contributed by atoms with Gasteiger partial charge in [0, 0.05) is 38.8 Å². The standard InChI is InChI=1S/C31H36Cl3N3O6S/c1-7-26(30(39)35-31(2,3)4)36(18-23-24(33)9-8-10-25(23)34)29(38)19-37(21-13-11-20(32)12-14-21)44(40,41)22-15-16-27(42-5)28(17-22)43-6/h8-17,26H,7,18-19H2,1-6H3,(H,35,39). The lowest BCUT2D eigenvalue weighted by Crippen LogP contribution is -2.55. The van der Waals surface area contributed by atoms with Crippen LogP contribution in [-0.2, 0) is 26.2 Å². The van der Waals surface area contributed by atoms with Crippen LogP contribution in [0.3, 0.4) is 0 Å². The number of nitrogens with zero attached hydrogens (tertiary/aromatic N) is 2. The average Bonchev–Trinajstić information content (AvgIpc) is 2.96. The van der Waals surface area contributed by atoms with E-state index in [-0.39, 0.29) is 29.3 Å². The molecule has 0 fully saturated rings. The zero-order chi connectivity index (χ0) is 32.8. The zero-order valence-corrected chi connectivity index (χ0v) is 28.4. The first-order chi connectivity index (χ1) is 20.6. The Hall–Kier alpha value is -3.18. The molecular formula is C31H36Cl3N3O6S. The number of nitrogens with one attached hydrogen (secondary N) is 1. The van der Waals surface area contributed by atoms with Gasteiger partial charge in [-0.2, -0.15) is 0 Å². The van der Waals surface area contributed by atoms with Gasteiger partial charge in [-0.15, -0.1) is 0 Å². The summed E-state index contributed by atoms with van der Waals surface area (Å²) in [5.41, 5.74) is 0.0142. The second-order valence-corrected chi connectivity index (χ2v) is 14.0.